The highest BCUT2D eigenvalue weighted by Crippen LogP contribution is 2.30. The molecule has 0 aliphatic rings. The Kier molecular flexibility index (Phi) is 13.1. The van der Waals surface area contributed by atoms with E-state index in [4.69, 9.17) is 4.74 Å². The van der Waals surface area contributed by atoms with Crippen molar-refractivity contribution < 1.29 is 22.7 Å². The molecule has 2 amide bonds. The van der Waals surface area contributed by atoms with Gasteiger partial charge >= 0.3 is 0 Å². The van der Waals surface area contributed by atoms with Crippen LogP contribution in [0.15, 0.2) is 83.3 Å². The van der Waals surface area contributed by atoms with Gasteiger partial charge in [-0.3, -0.25) is 13.9 Å². The number of hydrogen-bond donors (Lipinski definition) is 1. The smallest absolute Gasteiger partial charge is 0.243 e. The van der Waals surface area contributed by atoms with Gasteiger partial charge in [0, 0.05) is 36.9 Å². The van der Waals surface area contributed by atoms with Crippen LogP contribution in [0.2, 0.25) is 0 Å². The molecule has 0 saturated carbocycles. The molecule has 0 spiro atoms. The maximum atomic E-state index is 14.0. The van der Waals surface area contributed by atoms with E-state index in [2.05, 4.69) is 21.2 Å². The van der Waals surface area contributed by atoms with Crippen molar-refractivity contribution in [2.24, 2.45) is 5.92 Å². The van der Waals surface area contributed by atoms with E-state index in [-0.39, 0.29) is 43.7 Å². The Morgan fingerprint density at radius 3 is 2.21 bits per heavy atom. The number of ether oxygens (including phenoxy) is 1. The minimum atomic E-state index is -3.66. The number of rotatable bonds is 16. The van der Waals surface area contributed by atoms with Crippen LogP contribution in [-0.4, -0.2) is 57.1 Å². The summed E-state index contributed by atoms with van der Waals surface area (Å²) in [5, 5.41) is 3.02. The highest BCUT2D eigenvalue weighted by molar-refractivity contribution is 9.10. The molecule has 0 radical (unpaired) electrons. The van der Waals surface area contributed by atoms with Gasteiger partial charge in [0.25, 0.3) is 0 Å². The van der Waals surface area contributed by atoms with E-state index >= 15 is 0 Å². The van der Waals surface area contributed by atoms with Gasteiger partial charge < -0.3 is 15.0 Å². The number of para-hydroxylation sites is 2. The SMILES string of the molecule is CCOc1ccccc1N(CCCC(=O)N(Cc1ccc(Br)cc1)[C@@H](Cc1ccccc1)C(=O)NCC(C)C)S(C)(=O)=O. The Labute approximate surface area is 264 Å². The van der Waals surface area contributed by atoms with Crippen molar-refractivity contribution in [3.8, 4) is 5.75 Å². The zero-order chi connectivity index (χ0) is 31.4. The number of anilines is 1. The first kappa shape index (κ1) is 34.1. The highest BCUT2D eigenvalue weighted by Gasteiger charge is 2.31. The second kappa shape index (κ2) is 16.5. The molecule has 43 heavy (non-hydrogen) atoms. The van der Waals surface area contributed by atoms with Gasteiger partial charge in [-0.15, -0.1) is 0 Å². The van der Waals surface area contributed by atoms with Crippen LogP contribution in [0.4, 0.5) is 5.69 Å². The van der Waals surface area contributed by atoms with Crippen LogP contribution in [-0.2, 0) is 32.6 Å². The number of benzene rings is 3. The van der Waals surface area contributed by atoms with Crippen LogP contribution in [0.5, 0.6) is 5.75 Å². The number of sulfonamides is 1. The molecule has 8 nitrogen and oxygen atoms in total. The zero-order valence-corrected chi connectivity index (χ0v) is 27.7. The van der Waals surface area contributed by atoms with Gasteiger partial charge in [-0.05, 0) is 54.7 Å². The van der Waals surface area contributed by atoms with E-state index in [0.717, 1.165) is 21.9 Å². The summed E-state index contributed by atoms with van der Waals surface area (Å²) < 4.78 is 33.5. The van der Waals surface area contributed by atoms with Crippen LogP contribution >= 0.6 is 15.9 Å². The Balaban J connectivity index is 1.89. The average molecular weight is 673 g/mol. The average Bonchev–Trinajstić information content (AvgIpc) is 2.97. The third-order valence-corrected chi connectivity index (χ3v) is 8.52. The molecule has 0 saturated heterocycles. The monoisotopic (exact) mass is 671 g/mol. The summed E-state index contributed by atoms with van der Waals surface area (Å²) in [5.74, 6) is 0.267. The standard InChI is InChI=1S/C33H42BrN3O5S/c1-5-42-31-15-10-9-14-29(31)37(43(4,40)41)21-11-16-32(38)36(24-27-17-19-28(34)20-18-27)30(33(39)35-23-25(2)3)22-26-12-7-6-8-13-26/h6-10,12-15,17-20,25,30H,5,11,16,21-24H2,1-4H3,(H,35,39)/t30-/m0/s1. The Hall–Kier alpha value is -3.37. The number of carbonyl (C=O) groups is 2. The molecular formula is C33H42BrN3O5S. The largest absolute Gasteiger partial charge is 0.492 e. The molecule has 0 fully saturated rings. The number of nitrogens with one attached hydrogen (secondary N) is 1. The van der Waals surface area contributed by atoms with E-state index in [0.29, 0.717) is 31.0 Å². The predicted molar refractivity (Wildman–Crippen MR) is 176 cm³/mol. The zero-order valence-electron chi connectivity index (χ0n) is 25.3. The van der Waals surface area contributed by atoms with E-state index in [9.17, 15) is 18.0 Å². The van der Waals surface area contributed by atoms with Gasteiger partial charge in [0.15, 0.2) is 0 Å². The first-order chi connectivity index (χ1) is 20.5. The van der Waals surface area contributed by atoms with Crippen molar-refractivity contribution in [3.63, 3.8) is 0 Å². The summed E-state index contributed by atoms with van der Waals surface area (Å²) in [7, 11) is -3.66. The second-order valence-corrected chi connectivity index (χ2v) is 13.7. The molecule has 0 aliphatic heterocycles. The molecule has 0 unspecified atom stereocenters. The minimum Gasteiger partial charge on any atom is -0.492 e. The van der Waals surface area contributed by atoms with Crippen molar-refractivity contribution in [1.29, 1.82) is 0 Å². The molecule has 0 heterocycles. The molecule has 232 valence electrons. The van der Waals surface area contributed by atoms with Gasteiger partial charge in [-0.25, -0.2) is 8.42 Å². The van der Waals surface area contributed by atoms with Gasteiger partial charge in [0.1, 0.15) is 11.8 Å². The highest BCUT2D eigenvalue weighted by atomic mass is 79.9. The third-order valence-electron chi connectivity index (χ3n) is 6.81. The summed E-state index contributed by atoms with van der Waals surface area (Å²) in [5.41, 5.74) is 2.26. The Morgan fingerprint density at radius 1 is 0.930 bits per heavy atom. The maximum absolute atomic E-state index is 14.0. The van der Waals surface area contributed by atoms with Crippen molar-refractivity contribution in [3.05, 3.63) is 94.5 Å². The molecule has 0 bridgehead atoms. The molecule has 1 N–H and O–H groups in total. The third kappa shape index (κ3) is 10.7. The van der Waals surface area contributed by atoms with Gasteiger partial charge in [-0.2, -0.15) is 0 Å². The molecular weight excluding hydrogens is 630 g/mol. The fourth-order valence-electron chi connectivity index (χ4n) is 4.69. The summed E-state index contributed by atoms with van der Waals surface area (Å²) in [6.07, 6.45) is 1.81. The number of amides is 2. The minimum absolute atomic E-state index is 0.0576. The number of carbonyl (C=O) groups excluding carboxylic acids is 2. The number of halogens is 1. The lowest BCUT2D eigenvalue weighted by Crippen LogP contribution is -2.51. The first-order valence-electron chi connectivity index (χ1n) is 14.5. The fourth-order valence-corrected chi connectivity index (χ4v) is 5.92. The summed E-state index contributed by atoms with van der Waals surface area (Å²) >= 11 is 3.46. The van der Waals surface area contributed by atoms with Crippen LogP contribution in [0.3, 0.4) is 0 Å². The molecule has 3 aromatic carbocycles. The van der Waals surface area contributed by atoms with E-state index in [1.54, 1.807) is 29.2 Å². The van der Waals surface area contributed by atoms with E-state index in [1.807, 2.05) is 75.4 Å². The lowest BCUT2D eigenvalue weighted by molar-refractivity contribution is -0.141. The maximum Gasteiger partial charge on any atom is 0.243 e. The van der Waals surface area contributed by atoms with Crippen LogP contribution < -0.4 is 14.4 Å². The van der Waals surface area contributed by atoms with Crippen molar-refractivity contribution in [2.75, 3.05) is 30.3 Å². The Morgan fingerprint density at radius 2 is 1.58 bits per heavy atom. The Bertz CT molecular complexity index is 1430. The van der Waals surface area contributed by atoms with Crippen molar-refractivity contribution in [2.45, 2.75) is 52.6 Å². The molecule has 3 aromatic rings. The summed E-state index contributed by atoms with van der Waals surface area (Å²) in [4.78, 5) is 29.2. The van der Waals surface area contributed by atoms with Gasteiger partial charge in [-0.1, -0.05) is 84.4 Å². The topological polar surface area (TPSA) is 96.0 Å². The quantitative estimate of drug-likeness (QED) is 0.208. The van der Waals surface area contributed by atoms with Crippen molar-refractivity contribution in [1.82, 2.24) is 10.2 Å². The van der Waals surface area contributed by atoms with Crippen molar-refractivity contribution >= 4 is 43.5 Å². The lowest BCUT2D eigenvalue weighted by atomic mass is 10.0. The molecule has 1 atom stereocenters. The molecule has 10 heteroatoms. The van der Waals surface area contributed by atoms with E-state index in [1.165, 1.54) is 4.31 Å². The van der Waals surface area contributed by atoms with Gasteiger partial charge in [0.05, 0.1) is 18.6 Å². The molecule has 0 aliphatic carbocycles. The second-order valence-electron chi connectivity index (χ2n) is 10.8. The van der Waals surface area contributed by atoms with Gasteiger partial charge in [0.2, 0.25) is 21.8 Å². The molecule has 0 aromatic heterocycles. The van der Waals surface area contributed by atoms with E-state index < -0.39 is 16.1 Å². The number of nitrogens with zero attached hydrogens (tertiary/aromatic N) is 2. The van der Waals surface area contributed by atoms with Crippen LogP contribution in [0, 0.1) is 5.92 Å². The van der Waals surface area contributed by atoms with Crippen LogP contribution in [0.1, 0.15) is 44.7 Å². The predicted octanol–water partition coefficient (Wildman–Crippen LogP) is 5.81. The normalized spacial score (nSPS) is 12.0. The summed E-state index contributed by atoms with van der Waals surface area (Å²) in [6.45, 7) is 7.09. The molecule has 3 rings (SSSR count). The van der Waals surface area contributed by atoms with Crippen LogP contribution in [0.25, 0.3) is 0 Å². The summed E-state index contributed by atoms with van der Waals surface area (Å²) in [6, 6.07) is 23.5. The fraction of sp³-hybridized carbons (Fsp3) is 0.394. The number of hydrogen-bond acceptors (Lipinski definition) is 5. The lowest BCUT2D eigenvalue weighted by Gasteiger charge is -2.32. The first-order valence-corrected chi connectivity index (χ1v) is 17.2.